The predicted octanol–water partition coefficient (Wildman–Crippen LogP) is 2.93. The molecule has 1 aromatic rings. The van der Waals surface area contributed by atoms with Crippen molar-refractivity contribution < 1.29 is 13.9 Å². The Bertz CT molecular complexity index is 620. The van der Waals surface area contributed by atoms with Gasteiger partial charge in [0.15, 0.2) is 0 Å². The van der Waals surface area contributed by atoms with Crippen molar-refractivity contribution >= 4 is 6.09 Å². The van der Waals surface area contributed by atoms with E-state index >= 15 is 0 Å². The fourth-order valence-corrected chi connectivity index (χ4v) is 4.05. The number of halogens is 1. The van der Waals surface area contributed by atoms with Crippen molar-refractivity contribution in [3.8, 4) is 0 Å². The van der Waals surface area contributed by atoms with Gasteiger partial charge in [0.1, 0.15) is 11.4 Å². The molecular weight excluding hydrogens is 333 g/mol. The van der Waals surface area contributed by atoms with Gasteiger partial charge in [-0.05, 0) is 69.8 Å². The van der Waals surface area contributed by atoms with Crippen LogP contribution >= 0.6 is 0 Å². The maximum absolute atomic E-state index is 13.8. The number of alkyl carbamates (subject to hydrolysis) is 1. The van der Waals surface area contributed by atoms with Crippen molar-refractivity contribution in [2.45, 2.75) is 38.8 Å². The highest BCUT2D eigenvalue weighted by Gasteiger charge is 2.39. The maximum atomic E-state index is 13.8. The summed E-state index contributed by atoms with van der Waals surface area (Å²) in [5, 5.41) is 6.29. The monoisotopic (exact) mass is 363 g/mol. The number of likely N-dealkylation sites (tertiary alicyclic amines) is 1. The van der Waals surface area contributed by atoms with Crippen molar-refractivity contribution in [1.82, 2.24) is 15.5 Å². The van der Waals surface area contributed by atoms with E-state index < -0.39 is 11.7 Å². The Morgan fingerprint density at radius 1 is 1.35 bits per heavy atom. The summed E-state index contributed by atoms with van der Waals surface area (Å²) in [4.78, 5) is 14.3. The fourth-order valence-electron chi connectivity index (χ4n) is 4.05. The molecule has 144 valence electrons. The minimum atomic E-state index is -0.508. The normalized spacial score (nSPS) is 24.3. The first kappa shape index (κ1) is 19.1. The minimum Gasteiger partial charge on any atom is -0.444 e. The van der Waals surface area contributed by atoms with Gasteiger partial charge in [-0.2, -0.15) is 0 Å². The molecule has 0 bridgehead atoms. The largest absolute Gasteiger partial charge is 0.444 e. The number of carbonyl (C=O) groups is 1. The number of amides is 1. The summed E-state index contributed by atoms with van der Waals surface area (Å²) in [6.07, 6.45) is 0.327. The molecule has 0 aliphatic carbocycles. The zero-order chi connectivity index (χ0) is 18.7. The van der Waals surface area contributed by atoms with E-state index in [2.05, 4.69) is 15.5 Å². The molecule has 6 heteroatoms. The molecule has 0 radical (unpaired) electrons. The van der Waals surface area contributed by atoms with Gasteiger partial charge in [-0.15, -0.1) is 0 Å². The molecule has 26 heavy (non-hydrogen) atoms. The molecule has 0 saturated carbocycles. The molecule has 1 amide bonds. The second kappa shape index (κ2) is 7.92. The number of rotatable bonds is 5. The molecular formula is C20H30FN3O2. The van der Waals surface area contributed by atoms with Crippen LogP contribution in [0.15, 0.2) is 24.3 Å². The Kier molecular flexibility index (Phi) is 5.82. The third-order valence-electron chi connectivity index (χ3n) is 5.18. The highest BCUT2D eigenvalue weighted by molar-refractivity contribution is 5.67. The molecule has 0 spiro atoms. The number of hydrogen-bond donors (Lipinski definition) is 2. The van der Waals surface area contributed by atoms with E-state index in [9.17, 15) is 9.18 Å². The summed E-state index contributed by atoms with van der Waals surface area (Å²) >= 11 is 0. The fraction of sp³-hybridized carbons (Fsp3) is 0.650. The first-order valence-electron chi connectivity index (χ1n) is 9.49. The van der Waals surface area contributed by atoms with Crippen LogP contribution in [-0.4, -0.2) is 49.3 Å². The molecule has 3 atom stereocenters. The highest BCUT2D eigenvalue weighted by Crippen LogP contribution is 2.34. The van der Waals surface area contributed by atoms with Gasteiger partial charge in [0.25, 0.3) is 0 Å². The van der Waals surface area contributed by atoms with Gasteiger partial charge >= 0.3 is 6.09 Å². The molecule has 2 fully saturated rings. The van der Waals surface area contributed by atoms with Crippen LogP contribution in [0, 0.1) is 17.7 Å². The second-order valence-electron chi connectivity index (χ2n) is 8.42. The van der Waals surface area contributed by atoms with Crippen LogP contribution < -0.4 is 10.6 Å². The van der Waals surface area contributed by atoms with Crippen molar-refractivity contribution in [1.29, 1.82) is 0 Å². The molecule has 2 aliphatic heterocycles. The minimum absolute atomic E-state index is 0.103. The highest BCUT2D eigenvalue weighted by atomic mass is 19.1. The summed E-state index contributed by atoms with van der Waals surface area (Å²) in [6, 6.07) is 6.93. The Balaban J connectivity index is 1.63. The van der Waals surface area contributed by atoms with E-state index in [1.807, 2.05) is 26.8 Å². The number of nitrogens with one attached hydrogen (secondary N) is 2. The zero-order valence-corrected chi connectivity index (χ0v) is 15.9. The van der Waals surface area contributed by atoms with Crippen molar-refractivity contribution in [2.75, 3.05) is 32.7 Å². The standard InChI is InChI=1S/C20H30FN3O2/c1-20(2,3)26-19(25)23-8-7-18(14-5-4-6-17(21)9-14)24-12-15-10-22-11-16(15)13-24/h4-6,9,15-16,18,22H,7-8,10-13H2,1-3H3,(H,23,25)/t15?,16?,18-/m0/s1. The van der Waals surface area contributed by atoms with E-state index in [0.717, 1.165) is 38.2 Å². The lowest BCUT2D eigenvalue weighted by molar-refractivity contribution is 0.0522. The van der Waals surface area contributed by atoms with Gasteiger partial charge in [0, 0.05) is 25.7 Å². The topological polar surface area (TPSA) is 53.6 Å². The van der Waals surface area contributed by atoms with Crippen LogP contribution in [0.25, 0.3) is 0 Å². The van der Waals surface area contributed by atoms with Gasteiger partial charge in [0.2, 0.25) is 0 Å². The predicted molar refractivity (Wildman–Crippen MR) is 99.4 cm³/mol. The van der Waals surface area contributed by atoms with Gasteiger partial charge in [-0.3, -0.25) is 4.90 Å². The van der Waals surface area contributed by atoms with Gasteiger partial charge in [-0.1, -0.05) is 12.1 Å². The summed E-state index contributed by atoms with van der Waals surface area (Å²) in [7, 11) is 0. The number of hydrogen-bond acceptors (Lipinski definition) is 4. The van der Waals surface area contributed by atoms with Crippen molar-refractivity contribution in [3.05, 3.63) is 35.6 Å². The van der Waals surface area contributed by atoms with E-state index in [0.29, 0.717) is 18.4 Å². The average molecular weight is 363 g/mol. The zero-order valence-electron chi connectivity index (χ0n) is 15.9. The van der Waals surface area contributed by atoms with Crippen LogP contribution in [-0.2, 0) is 4.74 Å². The molecule has 2 unspecified atom stereocenters. The Morgan fingerprint density at radius 3 is 2.65 bits per heavy atom. The molecule has 3 rings (SSSR count). The Morgan fingerprint density at radius 2 is 2.04 bits per heavy atom. The Labute approximate surface area is 155 Å². The summed E-state index contributed by atoms with van der Waals surface area (Å²) in [5.41, 5.74) is 0.467. The summed E-state index contributed by atoms with van der Waals surface area (Å²) < 4.78 is 19.1. The van der Waals surface area contributed by atoms with Gasteiger partial charge in [-0.25, -0.2) is 9.18 Å². The Hall–Kier alpha value is -1.66. The molecule has 1 aromatic carbocycles. The third kappa shape index (κ3) is 4.95. The number of nitrogens with zero attached hydrogens (tertiary/aromatic N) is 1. The SMILES string of the molecule is CC(C)(C)OC(=O)NCC[C@@H](c1cccc(F)c1)N1CC2CNCC2C1. The first-order valence-corrected chi connectivity index (χ1v) is 9.49. The van der Waals surface area contributed by atoms with E-state index in [4.69, 9.17) is 4.74 Å². The first-order chi connectivity index (χ1) is 12.3. The van der Waals surface area contributed by atoms with Crippen LogP contribution in [0.5, 0.6) is 0 Å². The summed E-state index contributed by atoms with van der Waals surface area (Å²) in [6.45, 7) is 10.2. The third-order valence-corrected chi connectivity index (χ3v) is 5.18. The van der Waals surface area contributed by atoms with E-state index in [1.165, 1.54) is 6.07 Å². The quantitative estimate of drug-likeness (QED) is 0.845. The summed E-state index contributed by atoms with van der Waals surface area (Å²) in [5.74, 6) is 1.13. The molecule has 2 saturated heterocycles. The molecule has 2 heterocycles. The van der Waals surface area contributed by atoms with E-state index in [-0.39, 0.29) is 11.9 Å². The maximum Gasteiger partial charge on any atom is 0.407 e. The second-order valence-corrected chi connectivity index (χ2v) is 8.42. The van der Waals surface area contributed by atoms with Crippen LogP contribution in [0.3, 0.4) is 0 Å². The molecule has 5 nitrogen and oxygen atoms in total. The molecule has 2 aliphatic rings. The smallest absolute Gasteiger partial charge is 0.407 e. The lowest BCUT2D eigenvalue weighted by Crippen LogP contribution is -2.36. The van der Waals surface area contributed by atoms with Crippen molar-refractivity contribution in [2.24, 2.45) is 11.8 Å². The average Bonchev–Trinajstić information content (AvgIpc) is 3.11. The lowest BCUT2D eigenvalue weighted by atomic mass is 10.0. The van der Waals surface area contributed by atoms with Gasteiger partial charge in [0.05, 0.1) is 0 Å². The van der Waals surface area contributed by atoms with E-state index in [1.54, 1.807) is 12.1 Å². The lowest BCUT2D eigenvalue weighted by Gasteiger charge is -2.29. The number of benzene rings is 1. The van der Waals surface area contributed by atoms with Crippen LogP contribution in [0.1, 0.15) is 38.8 Å². The number of ether oxygens (including phenoxy) is 1. The number of carbonyl (C=O) groups excluding carboxylic acids is 1. The van der Waals surface area contributed by atoms with Gasteiger partial charge < -0.3 is 15.4 Å². The molecule has 2 N–H and O–H groups in total. The number of fused-ring (bicyclic) bond motifs is 1. The van der Waals surface area contributed by atoms with Crippen molar-refractivity contribution in [3.63, 3.8) is 0 Å². The van der Waals surface area contributed by atoms with Crippen LogP contribution in [0.4, 0.5) is 9.18 Å². The van der Waals surface area contributed by atoms with Crippen LogP contribution in [0.2, 0.25) is 0 Å². The molecule has 0 aromatic heterocycles.